The lowest BCUT2D eigenvalue weighted by Crippen LogP contribution is -2.10. The molecule has 0 aromatic carbocycles. The molecule has 0 saturated carbocycles. The molecule has 0 saturated heterocycles. The van der Waals surface area contributed by atoms with E-state index in [0.717, 1.165) is 17.2 Å². The first kappa shape index (κ1) is 11.3. The van der Waals surface area contributed by atoms with Crippen LogP contribution in [-0.4, -0.2) is 33.7 Å². The van der Waals surface area contributed by atoms with Crippen LogP contribution < -0.4 is 10.6 Å². The quantitative estimate of drug-likeness (QED) is 0.793. The Morgan fingerprint density at radius 1 is 1.24 bits per heavy atom. The van der Waals surface area contributed by atoms with E-state index in [4.69, 9.17) is 0 Å². The van der Waals surface area contributed by atoms with Gasteiger partial charge in [-0.25, -0.2) is 9.97 Å². The molecule has 7 heteroatoms. The van der Waals surface area contributed by atoms with Gasteiger partial charge in [-0.1, -0.05) is 5.16 Å². The van der Waals surface area contributed by atoms with Crippen LogP contribution in [0.15, 0.2) is 17.2 Å². The Kier molecular flexibility index (Phi) is 3.49. The van der Waals surface area contributed by atoms with Gasteiger partial charge in [0.05, 0.1) is 0 Å². The van der Waals surface area contributed by atoms with Crippen LogP contribution in [0.5, 0.6) is 0 Å². The van der Waals surface area contributed by atoms with Crippen LogP contribution in [0.3, 0.4) is 0 Å². The minimum absolute atomic E-state index is 0.679. The fraction of sp³-hybridized carbons (Fsp3) is 0.400. The van der Waals surface area contributed by atoms with E-state index < -0.39 is 0 Å². The largest absolute Gasteiger partial charge is 0.373 e. The molecule has 2 rings (SSSR count). The number of rotatable bonds is 5. The smallest absolute Gasteiger partial charge is 0.213 e. The number of nitrogens with zero attached hydrogens (tertiary/aromatic N) is 4. The minimum atomic E-state index is 0.679. The summed E-state index contributed by atoms with van der Waals surface area (Å²) < 4.78 is 4.65. The summed E-state index contributed by atoms with van der Waals surface area (Å²) >= 11 is 0. The summed E-state index contributed by atoms with van der Waals surface area (Å²) in [4.78, 5) is 12.2. The molecule has 0 unspecified atom stereocenters. The first-order valence-corrected chi connectivity index (χ1v) is 5.29. The highest BCUT2D eigenvalue weighted by molar-refractivity contribution is 5.55. The molecule has 2 aromatic heterocycles. The van der Waals surface area contributed by atoms with Crippen molar-refractivity contribution < 1.29 is 4.52 Å². The summed E-state index contributed by atoms with van der Waals surface area (Å²) in [5.41, 5.74) is 0.989. The summed E-state index contributed by atoms with van der Waals surface area (Å²) in [6.45, 7) is 2.66. The van der Waals surface area contributed by atoms with E-state index in [-0.39, 0.29) is 0 Å². The average Bonchev–Trinajstić information content (AvgIpc) is 2.84. The van der Waals surface area contributed by atoms with Crippen LogP contribution in [0.4, 0.5) is 11.6 Å². The Labute approximate surface area is 98.7 Å². The third-order valence-corrected chi connectivity index (χ3v) is 2.37. The topological polar surface area (TPSA) is 88.8 Å². The average molecular weight is 234 g/mol. The molecule has 0 aliphatic carbocycles. The van der Waals surface area contributed by atoms with Crippen molar-refractivity contribution >= 4 is 11.6 Å². The van der Waals surface area contributed by atoms with E-state index >= 15 is 0 Å². The van der Waals surface area contributed by atoms with Gasteiger partial charge in [-0.15, -0.1) is 0 Å². The van der Waals surface area contributed by atoms with Crippen LogP contribution >= 0.6 is 0 Å². The van der Waals surface area contributed by atoms with Gasteiger partial charge in [0.2, 0.25) is 6.39 Å². The van der Waals surface area contributed by atoms with Gasteiger partial charge in [-0.3, -0.25) is 0 Å². The second-order valence-corrected chi connectivity index (χ2v) is 3.47. The number of hydrogen-bond donors (Lipinski definition) is 2. The van der Waals surface area contributed by atoms with Gasteiger partial charge >= 0.3 is 0 Å². The van der Waals surface area contributed by atoms with Crippen molar-refractivity contribution in [2.24, 2.45) is 0 Å². The lowest BCUT2D eigenvalue weighted by molar-refractivity contribution is 0.410. The predicted octanol–water partition coefficient (Wildman–Crippen LogP) is 0.864. The van der Waals surface area contributed by atoms with Gasteiger partial charge < -0.3 is 15.2 Å². The normalized spacial score (nSPS) is 10.2. The van der Waals surface area contributed by atoms with E-state index in [1.807, 2.05) is 14.0 Å². The molecule has 0 radical (unpaired) electrons. The van der Waals surface area contributed by atoms with Crippen molar-refractivity contribution in [3.05, 3.63) is 24.1 Å². The van der Waals surface area contributed by atoms with E-state index in [2.05, 4.69) is 35.3 Å². The standard InChI is InChI=1S/C10H14N6O/c1-7-9(11-2)13-5-14-10(7)12-4-3-8-15-6-17-16-8/h5-6H,3-4H2,1-2H3,(H2,11,12,13,14). The molecule has 2 heterocycles. The molecule has 0 spiro atoms. The van der Waals surface area contributed by atoms with Gasteiger partial charge in [0, 0.05) is 25.6 Å². The predicted molar refractivity (Wildman–Crippen MR) is 62.8 cm³/mol. The molecular weight excluding hydrogens is 220 g/mol. The van der Waals surface area contributed by atoms with E-state index in [9.17, 15) is 0 Å². The van der Waals surface area contributed by atoms with Crippen LogP contribution in [0, 0.1) is 6.92 Å². The Hall–Kier alpha value is -2.18. The summed E-state index contributed by atoms with van der Waals surface area (Å²) in [6, 6.07) is 0. The van der Waals surface area contributed by atoms with Crippen molar-refractivity contribution in [1.29, 1.82) is 0 Å². The molecule has 0 atom stereocenters. The number of nitrogens with one attached hydrogen (secondary N) is 2. The molecule has 17 heavy (non-hydrogen) atoms. The maximum Gasteiger partial charge on any atom is 0.213 e. The molecule has 0 aliphatic heterocycles. The summed E-state index contributed by atoms with van der Waals surface area (Å²) in [5.74, 6) is 2.31. The summed E-state index contributed by atoms with van der Waals surface area (Å²) in [7, 11) is 1.83. The van der Waals surface area contributed by atoms with Crippen LogP contribution in [0.2, 0.25) is 0 Å². The Balaban J connectivity index is 1.95. The van der Waals surface area contributed by atoms with Crippen molar-refractivity contribution in [2.75, 3.05) is 24.2 Å². The highest BCUT2D eigenvalue weighted by atomic mass is 16.5. The zero-order valence-corrected chi connectivity index (χ0v) is 9.77. The first-order valence-electron chi connectivity index (χ1n) is 5.29. The lowest BCUT2D eigenvalue weighted by Gasteiger charge is -2.09. The van der Waals surface area contributed by atoms with Crippen molar-refractivity contribution in [3.63, 3.8) is 0 Å². The highest BCUT2D eigenvalue weighted by Gasteiger charge is 2.05. The number of hydrogen-bond acceptors (Lipinski definition) is 7. The molecule has 2 N–H and O–H groups in total. The molecule has 0 fully saturated rings. The molecule has 90 valence electrons. The fourth-order valence-electron chi connectivity index (χ4n) is 1.48. The van der Waals surface area contributed by atoms with Gasteiger partial charge in [0.15, 0.2) is 5.82 Å². The highest BCUT2D eigenvalue weighted by Crippen LogP contribution is 2.16. The van der Waals surface area contributed by atoms with E-state index in [1.165, 1.54) is 12.7 Å². The second kappa shape index (κ2) is 5.24. The Morgan fingerprint density at radius 3 is 2.76 bits per heavy atom. The van der Waals surface area contributed by atoms with E-state index in [1.54, 1.807) is 0 Å². The SMILES string of the molecule is CNc1ncnc(NCCc2ncon2)c1C. The van der Waals surface area contributed by atoms with Crippen molar-refractivity contribution in [2.45, 2.75) is 13.3 Å². The molecule has 0 amide bonds. The Bertz CT molecular complexity index is 470. The molecule has 7 nitrogen and oxygen atoms in total. The number of aromatic nitrogens is 4. The zero-order valence-electron chi connectivity index (χ0n) is 9.77. The molecular formula is C10H14N6O. The van der Waals surface area contributed by atoms with Crippen LogP contribution in [0.1, 0.15) is 11.4 Å². The van der Waals surface area contributed by atoms with E-state index in [0.29, 0.717) is 18.8 Å². The van der Waals surface area contributed by atoms with Gasteiger partial charge in [-0.05, 0) is 6.92 Å². The number of anilines is 2. The minimum Gasteiger partial charge on any atom is -0.373 e. The third-order valence-electron chi connectivity index (χ3n) is 2.37. The van der Waals surface area contributed by atoms with Gasteiger partial charge in [-0.2, -0.15) is 4.98 Å². The lowest BCUT2D eigenvalue weighted by atomic mass is 10.3. The summed E-state index contributed by atoms with van der Waals surface area (Å²) in [5, 5.41) is 9.95. The molecule has 0 aliphatic rings. The third kappa shape index (κ3) is 2.68. The van der Waals surface area contributed by atoms with Crippen LogP contribution in [-0.2, 0) is 6.42 Å². The molecule has 0 bridgehead atoms. The van der Waals surface area contributed by atoms with Gasteiger partial charge in [0.1, 0.15) is 18.0 Å². The van der Waals surface area contributed by atoms with Crippen LogP contribution in [0.25, 0.3) is 0 Å². The maximum absolute atomic E-state index is 4.65. The monoisotopic (exact) mass is 234 g/mol. The fourth-order valence-corrected chi connectivity index (χ4v) is 1.48. The zero-order chi connectivity index (χ0) is 12.1. The molecule has 2 aromatic rings. The van der Waals surface area contributed by atoms with Crippen molar-refractivity contribution in [1.82, 2.24) is 20.1 Å². The summed E-state index contributed by atoms with van der Waals surface area (Å²) in [6.07, 6.45) is 3.54. The maximum atomic E-state index is 4.65. The second-order valence-electron chi connectivity index (χ2n) is 3.47. The van der Waals surface area contributed by atoms with Gasteiger partial charge in [0.25, 0.3) is 0 Å². The van der Waals surface area contributed by atoms with Crippen molar-refractivity contribution in [3.8, 4) is 0 Å². The Morgan fingerprint density at radius 2 is 2.06 bits per heavy atom. The first-order chi connectivity index (χ1) is 8.31.